The Balaban J connectivity index is 2.51. The molecule has 22 heavy (non-hydrogen) atoms. The molecule has 0 saturated heterocycles. The number of esters is 1. The summed E-state index contributed by atoms with van der Waals surface area (Å²) < 4.78 is 4.83. The second kappa shape index (κ2) is 6.91. The zero-order valence-electron chi connectivity index (χ0n) is 12.8. The van der Waals surface area contributed by atoms with E-state index in [-0.39, 0.29) is 18.3 Å². The summed E-state index contributed by atoms with van der Waals surface area (Å²) in [6.07, 6.45) is 0.166. The highest BCUT2D eigenvalue weighted by Gasteiger charge is 2.38. The monoisotopic (exact) mass is 293 g/mol. The fraction of sp³-hybridized carbons (Fsp3) is 0.263. The van der Waals surface area contributed by atoms with Crippen LogP contribution in [0.4, 0.5) is 0 Å². The Morgan fingerprint density at radius 3 is 2.18 bits per heavy atom. The summed E-state index contributed by atoms with van der Waals surface area (Å²) in [4.78, 5) is 11.9. The van der Waals surface area contributed by atoms with Crippen molar-refractivity contribution in [3.05, 3.63) is 71.8 Å². The van der Waals surface area contributed by atoms with Crippen LogP contribution in [0, 0.1) is 11.3 Å². The molecule has 0 saturated carbocycles. The number of nitrogens with zero attached hydrogens (tertiary/aromatic N) is 1. The Kier molecular flexibility index (Phi) is 4.95. The van der Waals surface area contributed by atoms with Crippen LogP contribution in [0.15, 0.2) is 60.7 Å². The quantitative estimate of drug-likeness (QED) is 0.787. The molecular weight excluding hydrogens is 274 g/mol. The smallest absolute Gasteiger partial charge is 0.306 e. The van der Waals surface area contributed by atoms with Crippen molar-refractivity contribution >= 4 is 5.97 Å². The van der Waals surface area contributed by atoms with E-state index in [1.54, 1.807) is 0 Å². The molecule has 0 N–H and O–H groups in total. The average Bonchev–Trinajstić information content (AvgIpc) is 2.60. The van der Waals surface area contributed by atoms with Crippen LogP contribution < -0.4 is 0 Å². The second-order valence-corrected chi connectivity index (χ2v) is 5.42. The molecule has 0 aromatic heterocycles. The lowest BCUT2D eigenvalue weighted by molar-refractivity contribution is -0.141. The van der Waals surface area contributed by atoms with Crippen LogP contribution in [-0.4, -0.2) is 13.1 Å². The van der Waals surface area contributed by atoms with E-state index in [1.165, 1.54) is 7.11 Å². The van der Waals surface area contributed by atoms with Gasteiger partial charge in [-0.1, -0.05) is 60.7 Å². The fourth-order valence-electron chi connectivity index (χ4n) is 2.72. The van der Waals surface area contributed by atoms with E-state index < -0.39 is 5.41 Å². The molecule has 0 aliphatic carbocycles. The lowest BCUT2D eigenvalue weighted by Crippen LogP contribution is -2.31. The van der Waals surface area contributed by atoms with Gasteiger partial charge in [0.15, 0.2) is 0 Å². The fourth-order valence-corrected chi connectivity index (χ4v) is 2.72. The molecule has 0 heterocycles. The van der Waals surface area contributed by atoms with E-state index in [2.05, 4.69) is 6.07 Å². The minimum atomic E-state index is -0.809. The molecule has 3 nitrogen and oxygen atoms in total. The first-order valence-electron chi connectivity index (χ1n) is 7.20. The van der Waals surface area contributed by atoms with Crippen molar-refractivity contribution in [1.29, 1.82) is 5.26 Å². The standard InChI is InChI=1S/C19H19NO2/c1-19(14-20,16-11-7-4-8-12-16)17(13-18(21)22-2)15-9-5-3-6-10-15/h3-12,17H,13H2,1-2H3/t17-,19-/m1/s1. The predicted octanol–water partition coefficient (Wildman–Crippen LogP) is 3.81. The van der Waals surface area contributed by atoms with Gasteiger partial charge in [-0.2, -0.15) is 5.26 Å². The maximum absolute atomic E-state index is 11.9. The molecule has 0 fully saturated rings. The largest absolute Gasteiger partial charge is 0.469 e. The number of hydrogen-bond acceptors (Lipinski definition) is 3. The summed E-state index contributed by atoms with van der Waals surface area (Å²) in [5.41, 5.74) is 1.05. The zero-order valence-corrected chi connectivity index (χ0v) is 12.8. The molecule has 0 aliphatic heterocycles. The van der Waals surface area contributed by atoms with E-state index in [4.69, 9.17) is 4.74 Å². The Labute approximate surface area is 131 Å². The van der Waals surface area contributed by atoms with Gasteiger partial charge in [0.2, 0.25) is 0 Å². The molecule has 2 aromatic rings. The maximum atomic E-state index is 11.9. The minimum absolute atomic E-state index is 0.166. The van der Waals surface area contributed by atoms with Crippen molar-refractivity contribution in [1.82, 2.24) is 0 Å². The number of carbonyl (C=O) groups excluding carboxylic acids is 1. The minimum Gasteiger partial charge on any atom is -0.469 e. The predicted molar refractivity (Wildman–Crippen MR) is 85.2 cm³/mol. The molecule has 0 radical (unpaired) electrons. The third-order valence-electron chi connectivity index (χ3n) is 4.10. The maximum Gasteiger partial charge on any atom is 0.306 e. The van der Waals surface area contributed by atoms with E-state index in [1.807, 2.05) is 67.6 Å². The van der Waals surface area contributed by atoms with Crippen molar-refractivity contribution < 1.29 is 9.53 Å². The topological polar surface area (TPSA) is 50.1 Å². The van der Waals surface area contributed by atoms with Gasteiger partial charge >= 0.3 is 5.97 Å². The van der Waals surface area contributed by atoms with Gasteiger partial charge in [-0.25, -0.2) is 0 Å². The summed E-state index contributed by atoms with van der Waals surface area (Å²) in [7, 11) is 1.37. The molecule has 0 aliphatic rings. The highest BCUT2D eigenvalue weighted by atomic mass is 16.5. The Hall–Kier alpha value is -2.60. The number of carbonyl (C=O) groups is 1. The van der Waals surface area contributed by atoms with Crippen molar-refractivity contribution in [2.24, 2.45) is 0 Å². The van der Waals surface area contributed by atoms with Crippen LogP contribution in [-0.2, 0) is 14.9 Å². The molecule has 2 rings (SSSR count). The summed E-state index contributed by atoms with van der Waals surface area (Å²) in [6.45, 7) is 1.88. The van der Waals surface area contributed by atoms with Crippen LogP contribution in [0.5, 0.6) is 0 Å². The van der Waals surface area contributed by atoms with Gasteiger partial charge in [0.25, 0.3) is 0 Å². The van der Waals surface area contributed by atoms with E-state index >= 15 is 0 Å². The number of ether oxygens (including phenoxy) is 1. The van der Waals surface area contributed by atoms with Gasteiger partial charge < -0.3 is 4.74 Å². The zero-order chi connectivity index (χ0) is 16.0. The van der Waals surface area contributed by atoms with Gasteiger partial charge in [-0.15, -0.1) is 0 Å². The highest BCUT2D eigenvalue weighted by molar-refractivity contribution is 5.71. The van der Waals surface area contributed by atoms with Crippen molar-refractivity contribution in [2.75, 3.05) is 7.11 Å². The first-order valence-corrected chi connectivity index (χ1v) is 7.20. The van der Waals surface area contributed by atoms with E-state index in [0.29, 0.717) is 0 Å². The van der Waals surface area contributed by atoms with Crippen molar-refractivity contribution in [3.8, 4) is 6.07 Å². The average molecular weight is 293 g/mol. The summed E-state index contributed by atoms with van der Waals surface area (Å²) in [6, 6.07) is 21.7. The highest BCUT2D eigenvalue weighted by Crippen LogP contribution is 2.41. The lowest BCUT2D eigenvalue weighted by atomic mass is 9.68. The Morgan fingerprint density at radius 1 is 1.14 bits per heavy atom. The Bertz CT molecular complexity index is 661. The molecule has 2 atom stereocenters. The molecule has 112 valence electrons. The Morgan fingerprint density at radius 2 is 1.68 bits per heavy atom. The van der Waals surface area contributed by atoms with Gasteiger partial charge in [-0.3, -0.25) is 4.79 Å². The first kappa shape index (κ1) is 15.8. The van der Waals surface area contributed by atoms with Crippen LogP contribution in [0.25, 0.3) is 0 Å². The molecule has 0 amide bonds. The van der Waals surface area contributed by atoms with E-state index in [0.717, 1.165) is 11.1 Å². The molecular formula is C19H19NO2. The molecule has 3 heteroatoms. The second-order valence-electron chi connectivity index (χ2n) is 5.42. The number of benzene rings is 2. The first-order chi connectivity index (χ1) is 10.6. The third-order valence-corrected chi connectivity index (χ3v) is 4.10. The molecule has 2 aromatic carbocycles. The van der Waals surface area contributed by atoms with Crippen molar-refractivity contribution in [2.45, 2.75) is 24.7 Å². The van der Waals surface area contributed by atoms with Crippen LogP contribution in [0.1, 0.15) is 30.4 Å². The number of hydrogen-bond donors (Lipinski definition) is 0. The summed E-state index contributed by atoms with van der Waals surface area (Å²) in [5.74, 6) is -0.584. The molecule has 0 unspecified atom stereocenters. The number of methoxy groups -OCH3 is 1. The van der Waals surface area contributed by atoms with Crippen molar-refractivity contribution in [3.63, 3.8) is 0 Å². The summed E-state index contributed by atoms with van der Waals surface area (Å²) >= 11 is 0. The van der Waals surface area contributed by atoms with Gasteiger partial charge in [0.05, 0.1) is 25.0 Å². The summed E-state index contributed by atoms with van der Waals surface area (Å²) in [5, 5.41) is 9.85. The molecule has 0 spiro atoms. The van der Waals surface area contributed by atoms with Crippen LogP contribution >= 0.6 is 0 Å². The SMILES string of the molecule is COC(=O)C[C@H](c1ccccc1)[C@](C)(C#N)c1ccccc1. The van der Waals surface area contributed by atoms with Crippen LogP contribution in [0.2, 0.25) is 0 Å². The van der Waals surface area contributed by atoms with Gasteiger partial charge in [0.1, 0.15) is 0 Å². The third kappa shape index (κ3) is 3.17. The molecule has 0 bridgehead atoms. The number of rotatable bonds is 5. The van der Waals surface area contributed by atoms with Crippen LogP contribution in [0.3, 0.4) is 0 Å². The van der Waals surface area contributed by atoms with E-state index in [9.17, 15) is 10.1 Å². The van der Waals surface area contributed by atoms with Gasteiger partial charge in [-0.05, 0) is 18.1 Å². The number of nitriles is 1. The normalized spacial score (nSPS) is 14.4. The lowest BCUT2D eigenvalue weighted by Gasteiger charge is -2.32. The van der Waals surface area contributed by atoms with Gasteiger partial charge in [0, 0.05) is 5.92 Å².